The highest BCUT2D eigenvalue weighted by Crippen LogP contribution is 2.23. The molecule has 1 aliphatic rings. The van der Waals surface area contributed by atoms with Crippen LogP contribution in [0, 0.1) is 5.92 Å². The molecule has 0 aliphatic carbocycles. The lowest BCUT2D eigenvalue weighted by atomic mass is 9.95. The highest BCUT2D eigenvalue weighted by molar-refractivity contribution is 5.96. The molecule has 1 N–H and O–H groups in total. The summed E-state index contributed by atoms with van der Waals surface area (Å²) in [7, 11) is 0. The first-order chi connectivity index (χ1) is 13.1. The number of amides is 1. The van der Waals surface area contributed by atoms with E-state index < -0.39 is 0 Å². The number of piperidine rings is 1. The fraction of sp³-hybridized carbons (Fsp3) is 0.316. The van der Waals surface area contributed by atoms with E-state index in [2.05, 4.69) is 25.5 Å². The van der Waals surface area contributed by atoms with Crippen molar-refractivity contribution in [1.29, 1.82) is 0 Å². The van der Waals surface area contributed by atoms with Gasteiger partial charge in [-0.3, -0.25) is 9.59 Å². The number of hydrogen-bond donors (Lipinski definition) is 1. The van der Waals surface area contributed by atoms with Crippen LogP contribution in [-0.4, -0.2) is 44.6 Å². The van der Waals surface area contributed by atoms with Gasteiger partial charge in [0.25, 0.3) is 0 Å². The molecule has 0 unspecified atom stereocenters. The molecule has 0 atom stereocenters. The van der Waals surface area contributed by atoms with Crippen molar-refractivity contribution in [3.05, 3.63) is 48.3 Å². The maximum absolute atomic E-state index is 12.5. The summed E-state index contributed by atoms with van der Waals surface area (Å²) in [6.07, 6.45) is 3.11. The lowest BCUT2D eigenvalue weighted by Gasteiger charge is -2.32. The molecule has 3 heterocycles. The van der Waals surface area contributed by atoms with Crippen molar-refractivity contribution in [3.8, 4) is 0 Å². The zero-order valence-corrected chi connectivity index (χ0v) is 15.0. The van der Waals surface area contributed by atoms with Gasteiger partial charge in [0.05, 0.1) is 0 Å². The number of nitrogens with one attached hydrogen (secondary N) is 1. The summed E-state index contributed by atoms with van der Waals surface area (Å²) in [5, 5.41) is 15.2. The largest absolute Gasteiger partial charge is 0.355 e. The number of fused-ring (bicyclic) bond motifs is 1. The first-order valence-electron chi connectivity index (χ1n) is 8.94. The Morgan fingerprint density at radius 2 is 1.81 bits per heavy atom. The van der Waals surface area contributed by atoms with Crippen LogP contribution in [0.15, 0.2) is 42.7 Å². The molecule has 0 spiro atoms. The normalized spacial score (nSPS) is 15.1. The van der Waals surface area contributed by atoms with Gasteiger partial charge in [-0.25, -0.2) is 0 Å². The smallest absolute Gasteiger partial charge is 0.227 e. The Balaban J connectivity index is 1.35. The summed E-state index contributed by atoms with van der Waals surface area (Å²) >= 11 is 0. The number of carbonyl (C=O) groups excluding carboxylic acids is 2. The van der Waals surface area contributed by atoms with Crippen LogP contribution in [0.25, 0.3) is 5.65 Å². The molecule has 0 bridgehead atoms. The topological polar surface area (TPSA) is 92.5 Å². The third-order valence-electron chi connectivity index (χ3n) is 4.90. The molecule has 3 aromatic rings. The zero-order valence-electron chi connectivity index (χ0n) is 15.0. The minimum absolute atomic E-state index is 0.0125. The SMILES string of the molecule is CC(=O)c1ccc(NC(=O)C2CCN(c3ccc4nncn4n3)CC2)cc1. The lowest BCUT2D eigenvalue weighted by molar-refractivity contribution is -0.120. The molecule has 1 fully saturated rings. The van der Waals surface area contributed by atoms with Crippen molar-refractivity contribution >= 4 is 28.8 Å². The molecule has 27 heavy (non-hydrogen) atoms. The number of aromatic nitrogens is 4. The molecule has 1 saturated heterocycles. The third-order valence-corrected chi connectivity index (χ3v) is 4.90. The molecular formula is C19H20N6O2. The van der Waals surface area contributed by atoms with Gasteiger partial charge in [-0.2, -0.15) is 4.52 Å². The van der Waals surface area contributed by atoms with Crippen LogP contribution >= 0.6 is 0 Å². The van der Waals surface area contributed by atoms with E-state index in [-0.39, 0.29) is 17.6 Å². The van der Waals surface area contributed by atoms with Crippen LogP contribution in [-0.2, 0) is 4.79 Å². The number of rotatable bonds is 4. The second-order valence-electron chi connectivity index (χ2n) is 6.71. The van der Waals surface area contributed by atoms with Gasteiger partial charge in [0.15, 0.2) is 11.4 Å². The third kappa shape index (κ3) is 3.64. The van der Waals surface area contributed by atoms with E-state index in [1.54, 1.807) is 35.1 Å². The van der Waals surface area contributed by atoms with E-state index in [0.717, 1.165) is 31.7 Å². The van der Waals surface area contributed by atoms with Crippen LogP contribution in [0.1, 0.15) is 30.1 Å². The summed E-state index contributed by atoms with van der Waals surface area (Å²) in [5.74, 6) is 0.860. The molecule has 8 heteroatoms. The quantitative estimate of drug-likeness (QED) is 0.714. The maximum Gasteiger partial charge on any atom is 0.227 e. The van der Waals surface area contributed by atoms with Crippen molar-refractivity contribution in [2.75, 3.05) is 23.3 Å². The van der Waals surface area contributed by atoms with Gasteiger partial charge >= 0.3 is 0 Å². The van der Waals surface area contributed by atoms with E-state index >= 15 is 0 Å². The lowest BCUT2D eigenvalue weighted by Crippen LogP contribution is -2.38. The van der Waals surface area contributed by atoms with Gasteiger partial charge in [0.2, 0.25) is 5.91 Å². The highest BCUT2D eigenvalue weighted by Gasteiger charge is 2.26. The predicted octanol–water partition coefficient (Wildman–Crippen LogP) is 2.18. The predicted molar refractivity (Wildman–Crippen MR) is 101 cm³/mol. The van der Waals surface area contributed by atoms with Crippen LogP contribution < -0.4 is 10.2 Å². The number of benzene rings is 1. The maximum atomic E-state index is 12.5. The van der Waals surface area contributed by atoms with E-state index in [9.17, 15) is 9.59 Å². The minimum atomic E-state index is -0.0348. The molecule has 138 valence electrons. The Kier molecular flexibility index (Phi) is 4.53. The minimum Gasteiger partial charge on any atom is -0.355 e. The van der Waals surface area contributed by atoms with Crippen molar-refractivity contribution in [2.24, 2.45) is 5.92 Å². The Hall–Kier alpha value is -3.29. The first kappa shape index (κ1) is 17.1. The van der Waals surface area contributed by atoms with Crippen LogP contribution in [0.2, 0.25) is 0 Å². The number of hydrogen-bond acceptors (Lipinski definition) is 6. The molecule has 8 nitrogen and oxygen atoms in total. The van der Waals surface area contributed by atoms with Gasteiger partial charge in [-0.1, -0.05) is 0 Å². The van der Waals surface area contributed by atoms with E-state index in [0.29, 0.717) is 16.9 Å². The fourth-order valence-corrected chi connectivity index (χ4v) is 3.29. The molecule has 0 saturated carbocycles. The summed E-state index contributed by atoms with van der Waals surface area (Å²) < 4.78 is 1.65. The zero-order chi connectivity index (χ0) is 18.8. The molecule has 2 aromatic heterocycles. The number of nitrogens with zero attached hydrogens (tertiary/aromatic N) is 5. The molecule has 1 aromatic carbocycles. The van der Waals surface area contributed by atoms with Gasteiger partial charge < -0.3 is 10.2 Å². The summed E-state index contributed by atoms with van der Waals surface area (Å²) in [6.45, 7) is 3.06. The average Bonchev–Trinajstić information content (AvgIpc) is 3.16. The van der Waals surface area contributed by atoms with Crippen molar-refractivity contribution in [3.63, 3.8) is 0 Å². The molecule has 0 radical (unpaired) electrons. The Morgan fingerprint density at radius 3 is 2.52 bits per heavy atom. The molecule has 4 rings (SSSR count). The van der Waals surface area contributed by atoms with E-state index in [1.165, 1.54) is 6.92 Å². The highest BCUT2D eigenvalue weighted by atomic mass is 16.2. The van der Waals surface area contributed by atoms with Gasteiger partial charge in [-0.15, -0.1) is 15.3 Å². The second kappa shape index (κ2) is 7.14. The van der Waals surface area contributed by atoms with Crippen molar-refractivity contribution < 1.29 is 9.59 Å². The fourth-order valence-electron chi connectivity index (χ4n) is 3.29. The van der Waals surface area contributed by atoms with Crippen LogP contribution in [0.3, 0.4) is 0 Å². The standard InChI is InChI=1S/C19H20N6O2/c1-13(26)14-2-4-16(5-3-14)21-19(27)15-8-10-24(11-9-15)18-7-6-17-22-20-12-25(17)23-18/h2-7,12,15H,8-11H2,1H3,(H,21,27). The van der Waals surface area contributed by atoms with Gasteiger partial charge in [0, 0.05) is 30.3 Å². The summed E-state index contributed by atoms with van der Waals surface area (Å²) in [6, 6.07) is 10.8. The van der Waals surface area contributed by atoms with E-state index in [1.807, 2.05) is 12.1 Å². The Morgan fingerprint density at radius 1 is 1.07 bits per heavy atom. The number of Topliss-reactive ketones (excluding diaryl/α,β-unsaturated/α-hetero) is 1. The Bertz CT molecular complexity index is 973. The van der Waals surface area contributed by atoms with Crippen LogP contribution in [0.4, 0.5) is 11.5 Å². The average molecular weight is 364 g/mol. The number of ketones is 1. The number of anilines is 2. The van der Waals surface area contributed by atoms with E-state index in [4.69, 9.17) is 0 Å². The molecular weight excluding hydrogens is 344 g/mol. The summed E-state index contributed by atoms with van der Waals surface area (Å²) in [5.41, 5.74) is 2.06. The Labute approximate surface area is 156 Å². The summed E-state index contributed by atoms with van der Waals surface area (Å²) in [4.78, 5) is 26.0. The number of carbonyl (C=O) groups is 2. The van der Waals surface area contributed by atoms with Crippen molar-refractivity contribution in [1.82, 2.24) is 19.8 Å². The second-order valence-corrected chi connectivity index (χ2v) is 6.71. The van der Waals surface area contributed by atoms with Gasteiger partial charge in [-0.05, 0) is 56.2 Å². The molecule has 1 amide bonds. The van der Waals surface area contributed by atoms with Crippen LogP contribution in [0.5, 0.6) is 0 Å². The first-order valence-corrected chi connectivity index (χ1v) is 8.94. The molecule has 1 aliphatic heterocycles. The van der Waals surface area contributed by atoms with Crippen molar-refractivity contribution in [2.45, 2.75) is 19.8 Å². The van der Waals surface area contributed by atoms with Gasteiger partial charge in [0.1, 0.15) is 12.1 Å². The monoisotopic (exact) mass is 364 g/mol.